The molecule has 12 heavy (non-hydrogen) atoms. The lowest BCUT2D eigenvalue weighted by Gasteiger charge is -2.23. The smallest absolute Gasteiger partial charge is 0.0781 e. The molecule has 0 saturated heterocycles. The van der Waals surface area contributed by atoms with E-state index in [1.54, 1.807) is 0 Å². The lowest BCUT2D eigenvalue weighted by molar-refractivity contribution is 0.228. The summed E-state index contributed by atoms with van der Waals surface area (Å²) in [6.45, 7) is 8.92. The Morgan fingerprint density at radius 1 is 1.08 bits per heavy atom. The molecule has 0 fully saturated rings. The van der Waals surface area contributed by atoms with Crippen LogP contribution in [0.25, 0.3) is 0 Å². The summed E-state index contributed by atoms with van der Waals surface area (Å²) in [6, 6.07) is 0. The van der Waals surface area contributed by atoms with Crippen LogP contribution in [0.15, 0.2) is 0 Å². The fourth-order valence-electron chi connectivity index (χ4n) is 1.20. The molecule has 74 valence electrons. The van der Waals surface area contributed by atoms with Gasteiger partial charge < -0.3 is 5.11 Å². The predicted molar refractivity (Wildman–Crippen MR) is 58.1 cm³/mol. The summed E-state index contributed by atoms with van der Waals surface area (Å²) in [5.41, 5.74) is 0.00866. The van der Waals surface area contributed by atoms with Crippen LogP contribution in [0.5, 0.6) is 0 Å². The Balaban J connectivity index is 3.38. The van der Waals surface area contributed by atoms with Gasteiger partial charge in [-0.05, 0) is 6.42 Å². The van der Waals surface area contributed by atoms with Crippen LogP contribution in [0, 0.1) is 0 Å². The quantitative estimate of drug-likeness (QED) is 0.501. The molecule has 1 nitrogen and oxygen atoms in total. The van der Waals surface area contributed by atoms with Gasteiger partial charge >= 0.3 is 0 Å². The first-order valence-electron chi connectivity index (χ1n) is 5.16. The van der Waals surface area contributed by atoms with Crippen molar-refractivity contribution >= 4 is 8.07 Å². The molecule has 1 atom stereocenters. The molecule has 0 aromatic rings. The Bertz CT molecular complexity index is 107. The standard InChI is InChI=1S/C10H24OSi/c1-5-6-7-8-9-10(11)12(2,3)4/h10-11H,5-9H2,1-4H3. The van der Waals surface area contributed by atoms with Crippen molar-refractivity contribution in [1.29, 1.82) is 0 Å². The summed E-state index contributed by atoms with van der Waals surface area (Å²) in [6.07, 6.45) is 6.12. The van der Waals surface area contributed by atoms with Crippen LogP contribution < -0.4 is 0 Å². The number of hydrogen-bond acceptors (Lipinski definition) is 1. The van der Waals surface area contributed by atoms with Crippen molar-refractivity contribution in [3.8, 4) is 0 Å². The number of unbranched alkanes of at least 4 members (excludes halogenated alkanes) is 3. The van der Waals surface area contributed by atoms with Crippen molar-refractivity contribution in [2.45, 2.75) is 64.4 Å². The lowest BCUT2D eigenvalue weighted by Crippen LogP contribution is -2.37. The SMILES string of the molecule is CCCCCCC(O)[Si](C)(C)C. The second kappa shape index (κ2) is 5.76. The fourth-order valence-corrected chi connectivity index (χ4v) is 2.27. The Morgan fingerprint density at radius 2 is 1.67 bits per heavy atom. The van der Waals surface area contributed by atoms with Gasteiger partial charge in [-0.1, -0.05) is 52.2 Å². The van der Waals surface area contributed by atoms with Gasteiger partial charge in [0.2, 0.25) is 0 Å². The van der Waals surface area contributed by atoms with Gasteiger partial charge in [0.25, 0.3) is 0 Å². The monoisotopic (exact) mass is 188 g/mol. The first kappa shape index (κ1) is 12.2. The topological polar surface area (TPSA) is 20.2 Å². The molecule has 1 N–H and O–H groups in total. The van der Waals surface area contributed by atoms with Gasteiger partial charge in [0.1, 0.15) is 0 Å². The third-order valence-corrected chi connectivity index (χ3v) is 4.62. The summed E-state index contributed by atoms with van der Waals surface area (Å²) in [7, 11) is -1.27. The van der Waals surface area contributed by atoms with E-state index in [4.69, 9.17) is 0 Å². The van der Waals surface area contributed by atoms with Gasteiger partial charge in [0.15, 0.2) is 0 Å². The summed E-state index contributed by atoms with van der Waals surface area (Å²) in [5, 5.41) is 9.75. The van der Waals surface area contributed by atoms with E-state index in [1.807, 2.05) is 0 Å². The molecule has 0 saturated carbocycles. The predicted octanol–water partition coefficient (Wildman–Crippen LogP) is 3.20. The zero-order chi connectivity index (χ0) is 9.61. The van der Waals surface area contributed by atoms with Gasteiger partial charge in [-0.25, -0.2) is 0 Å². The van der Waals surface area contributed by atoms with Crippen molar-refractivity contribution in [3.05, 3.63) is 0 Å². The molecule has 0 aromatic heterocycles. The van der Waals surface area contributed by atoms with Gasteiger partial charge in [-0.2, -0.15) is 0 Å². The molecule has 0 aliphatic rings. The molecule has 0 aliphatic heterocycles. The summed E-state index contributed by atoms with van der Waals surface area (Å²) < 4.78 is 0. The van der Waals surface area contributed by atoms with Crippen LogP contribution in [-0.4, -0.2) is 18.9 Å². The van der Waals surface area contributed by atoms with Crippen molar-refractivity contribution < 1.29 is 5.11 Å². The Labute approximate surface area is 78.2 Å². The van der Waals surface area contributed by atoms with Crippen LogP contribution in [0.2, 0.25) is 19.6 Å². The first-order chi connectivity index (χ1) is 5.48. The minimum absolute atomic E-state index is 0.00866. The lowest BCUT2D eigenvalue weighted by atomic mass is 10.2. The maximum Gasteiger partial charge on any atom is 0.0781 e. The fraction of sp³-hybridized carbons (Fsp3) is 1.00. The van der Waals surface area contributed by atoms with Crippen LogP contribution in [0.1, 0.15) is 39.0 Å². The van der Waals surface area contributed by atoms with Crippen molar-refractivity contribution in [2.24, 2.45) is 0 Å². The molecule has 0 bridgehead atoms. The normalized spacial score (nSPS) is 14.8. The number of aliphatic hydroxyl groups is 1. The molecule has 0 amide bonds. The van der Waals surface area contributed by atoms with Crippen LogP contribution in [-0.2, 0) is 0 Å². The van der Waals surface area contributed by atoms with Crippen molar-refractivity contribution in [3.63, 3.8) is 0 Å². The summed E-state index contributed by atoms with van der Waals surface area (Å²) >= 11 is 0. The van der Waals surface area contributed by atoms with Gasteiger partial charge in [0, 0.05) is 5.73 Å². The average Bonchev–Trinajstić information content (AvgIpc) is 1.96. The molecular formula is C10H24OSi. The van der Waals surface area contributed by atoms with Gasteiger partial charge in [-0.3, -0.25) is 0 Å². The average molecular weight is 188 g/mol. The Kier molecular flexibility index (Phi) is 5.84. The molecule has 0 heterocycles. The second-order valence-corrected chi connectivity index (χ2v) is 10.1. The number of aliphatic hydroxyl groups excluding tert-OH is 1. The highest BCUT2D eigenvalue weighted by Gasteiger charge is 2.23. The largest absolute Gasteiger partial charge is 0.397 e. The molecule has 0 rings (SSSR count). The van der Waals surface area contributed by atoms with E-state index in [0.717, 1.165) is 6.42 Å². The molecule has 0 aliphatic carbocycles. The molecular weight excluding hydrogens is 164 g/mol. The van der Waals surface area contributed by atoms with E-state index in [-0.39, 0.29) is 5.73 Å². The zero-order valence-corrected chi connectivity index (χ0v) is 10.1. The van der Waals surface area contributed by atoms with E-state index >= 15 is 0 Å². The molecule has 2 heteroatoms. The minimum atomic E-state index is -1.27. The molecule has 1 unspecified atom stereocenters. The molecule has 0 radical (unpaired) electrons. The third kappa shape index (κ3) is 5.78. The highest BCUT2D eigenvalue weighted by Crippen LogP contribution is 2.14. The van der Waals surface area contributed by atoms with E-state index in [9.17, 15) is 5.11 Å². The second-order valence-electron chi connectivity index (χ2n) is 4.73. The highest BCUT2D eigenvalue weighted by atomic mass is 28.3. The van der Waals surface area contributed by atoms with E-state index in [2.05, 4.69) is 26.6 Å². The Hall–Kier alpha value is 0.177. The van der Waals surface area contributed by atoms with Crippen LogP contribution in [0.4, 0.5) is 0 Å². The van der Waals surface area contributed by atoms with Crippen molar-refractivity contribution in [1.82, 2.24) is 0 Å². The van der Waals surface area contributed by atoms with E-state index < -0.39 is 8.07 Å². The summed E-state index contributed by atoms with van der Waals surface area (Å²) in [5.74, 6) is 0. The Morgan fingerprint density at radius 3 is 2.08 bits per heavy atom. The zero-order valence-electron chi connectivity index (χ0n) is 9.06. The summed E-state index contributed by atoms with van der Waals surface area (Å²) in [4.78, 5) is 0. The first-order valence-corrected chi connectivity index (χ1v) is 8.74. The van der Waals surface area contributed by atoms with Gasteiger partial charge in [0.05, 0.1) is 8.07 Å². The van der Waals surface area contributed by atoms with E-state index in [0.29, 0.717) is 0 Å². The van der Waals surface area contributed by atoms with Crippen molar-refractivity contribution in [2.75, 3.05) is 0 Å². The highest BCUT2D eigenvalue weighted by molar-refractivity contribution is 6.77. The van der Waals surface area contributed by atoms with Crippen LogP contribution >= 0.6 is 0 Å². The van der Waals surface area contributed by atoms with Gasteiger partial charge in [-0.15, -0.1) is 0 Å². The maximum atomic E-state index is 9.75. The maximum absolute atomic E-state index is 9.75. The third-order valence-electron chi connectivity index (χ3n) is 2.33. The number of rotatable bonds is 6. The van der Waals surface area contributed by atoms with E-state index in [1.165, 1.54) is 25.7 Å². The molecule has 0 aromatic carbocycles. The van der Waals surface area contributed by atoms with Crippen LogP contribution in [0.3, 0.4) is 0 Å². The molecule has 0 spiro atoms. The minimum Gasteiger partial charge on any atom is -0.397 e. The number of hydrogen-bond donors (Lipinski definition) is 1.